The van der Waals surface area contributed by atoms with Crippen LogP contribution in [0.25, 0.3) is 0 Å². The minimum atomic E-state index is 0.138. The lowest BCUT2D eigenvalue weighted by atomic mass is 10.3. The van der Waals surface area contributed by atoms with Crippen LogP contribution in [-0.4, -0.2) is 21.3 Å². The molecule has 25 heavy (non-hydrogen) atoms. The Kier molecular flexibility index (Phi) is 5.30. The second-order valence-electron chi connectivity index (χ2n) is 5.59. The second-order valence-corrected chi connectivity index (χ2v) is 5.99. The molecule has 0 spiro atoms. The maximum Gasteiger partial charge on any atom is 0.249 e. The van der Waals surface area contributed by atoms with Crippen molar-refractivity contribution in [1.82, 2.24) is 15.2 Å². The van der Waals surface area contributed by atoms with Gasteiger partial charge in [0, 0.05) is 5.69 Å². The van der Waals surface area contributed by atoms with E-state index in [1.54, 1.807) is 6.07 Å². The van der Waals surface area contributed by atoms with E-state index in [-0.39, 0.29) is 6.10 Å². The minimum absolute atomic E-state index is 0.138. The summed E-state index contributed by atoms with van der Waals surface area (Å²) in [5.74, 6) is 1.74. The molecular weight excluding hydrogens is 338 g/mol. The standard InChI is InChI=1S/C18H18ClN5O/c1-12(2)25-14-9-7-13(8-10-14)21-18-23-17(11-20-24-18)22-16-6-4-3-5-15(16)19/h3-12H,1-2H3,(H2,21,22,23,24). The lowest BCUT2D eigenvalue weighted by molar-refractivity contribution is 0.242. The van der Waals surface area contributed by atoms with Crippen molar-refractivity contribution < 1.29 is 4.74 Å². The van der Waals surface area contributed by atoms with Gasteiger partial charge in [0.1, 0.15) is 5.75 Å². The highest BCUT2D eigenvalue weighted by molar-refractivity contribution is 6.33. The van der Waals surface area contributed by atoms with Crippen LogP contribution in [0.5, 0.6) is 5.75 Å². The van der Waals surface area contributed by atoms with E-state index in [1.165, 1.54) is 6.20 Å². The molecule has 0 atom stereocenters. The van der Waals surface area contributed by atoms with Crippen LogP contribution in [0.15, 0.2) is 54.7 Å². The average molecular weight is 356 g/mol. The van der Waals surface area contributed by atoms with Gasteiger partial charge in [0.05, 0.1) is 23.0 Å². The fourth-order valence-corrected chi connectivity index (χ4v) is 2.32. The van der Waals surface area contributed by atoms with Crippen molar-refractivity contribution in [3.8, 4) is 5.75 Å². The summed E-state index contributed by atoms with van der Waals surface area (Å²) in [6.07, 6.45) is 1.67. The van der Waals surface area contributed by atoms with Gasteiger partial charge in [-0.2, -0.15) is 10.1 Å². The van der Waals surface area contributed by atoms with Gasteiger partial charge in [-0.3, -0.25) is 0 Å². The molecule has 3 rings (SSSR count). The average Bonchev–Trinajstić information content (AvgIpc) is 2.59. The molecule has 0 amide bonds. The molecule has 0 saturated carbocycles. The van der Waals surface area contributed by atoms with Crippen LogP contribution in [0.2, 0.25) is 5.02 Å². The Bertz CT molecular complexity index is 839. The molecule has 128 valence electrons. The van der Waals surface area contributed by atoms with Crippen molar-refractivity contribution in [1.29, 1.82) is 0 Å². The van der Waals surface area contributed by atoms with Gasteiger partial charge < -0.3 is 15.4 Å². The quantitative estimate of drug-likeness (QED) is 0.661. The number of aromatic nitrogens is 3. The summed E-state index contributed by atoms with van der Waals surface area (Å²) in [7, 11) is 0. The second kappa shape index (κ2) is 7.81. The lowest BCUT2D eigenvalue weighted by Crippen LogP contribution is -2.05. The van der Waals surface area contributed by atoms with Gasteiger partial charge in [0.2, 0.25) is 5.95 Å². The summed E-state index contributed by atoms with van der Waals surface area (Å²) >= 11 is 6.14. The topological polar surface area (TPSA) is 72.0 Å². The first-order chi connectivity index (χ1) is 12.1. The SMILES string of the molecule is CC(C)Oc1ccc(Nc2nncc(Nc3ccccc3Cl)n2)cc1. The summed E-state index contributed by atoms with van der Waals surface area (Å²) in [6.45, 7) is 3.98. The molecule has 0 aliphatic carbocycles. The first-order valence-corrected chi connectivity index (χ1v) is 8.23. The number of nitrogens with one attached hydrogen (secondary N) is 2. The molecule has 0 saturated heterocycles. The Morgan fingerprint density at radius 3 is 2.48 bits per heavy atom. The third-order valence-electron chi connectivity index (χ3n) is 3.18. The molecule has 7 heteroatoms. The van der Waals surface area contributed by atoms with Crippen LogP contribution in [0.1, 0.15) is 13.8 Å². The number of hydrogen-bond acceptors (Lipinski definition) is 6. The largest absolute Gasteiger partial charge is 0.491 e. The van der Waals surface area contributed by atoms with E-state index in [1.807, 2.05) is 56.3 Å². The van der Waals surface area contributed by atoms with Crippen molar-refractivity contribution in [2.45, 2.75) is 20.0 Å². The van der Waals surface area contributed by atoms with E-state index in [4.69, 9.17) is 16.3 Å². The van der Waals surface area contributed by atoms with E-state index >= 15 is 0 Å². The molecular formula is C18H18ClN5O. The van der Waals surface area contributed by atoms with E-state index in [9.17, 15) is 0 Å². The van der Waals surface area contributed by atoms with Crippen LogP contribution >= 0.6 is 11.6 Å². The number of anilines is 4. The van der Waals surface area contributed by atoms with Crippen molar-refractivity contribution in [3.63, 3.8) is 0 Å². The first-order valence-electron chi connectivity index (χ1n) is 7.85. The minimum Gasteiger partial charge on any atom is -0.491 e. The molecule has 2 N–H and O–H groups in total. The smallest absolute Gasteiger partial charge is 0.249 e. The zero-order chi connectivity index (χ0) is 17.6. The van der Waals surface area contributed by atoms with Crippen LogP contribution < -0.4 is 15.4 Å². The van der Waals surface area contributed by atoms with E-state index < -0.39 is 0 Å². The Morgan fingerprint density at radius 2 is 1.76 bits per heavy atom. The lowest BCUT2D eigenvalue weighted by Gasteiger charge is -2.11. The van der Waals surface area contributed by atoms with Gasteiger partial charge in [-0.15, -0.1) is 5.10 Å². The molecule has 3 aromatic rings. The number of benzene rings is 2. The zero-order valence-electron chi connectivity index (χ0n) is 13.9. The van der Waals surface area contributed by atoms with Crippen LogP contribution in [0, 0.1) is 0 Å². The van der Waals surface area contributed by atoms with Gasteiger partial charge in [-0.1, -0.05) is 23.7 Å². The number of para-hydroxylation sites is 1. The van der Waals surface area contributed by atoms with Crippen molar-refractivity contribution in [2.75, 3.05) is 10.6 Å². The van der Waals surface area contributed by atoms with Crippen LogP contribution in [0.3, 0.4) is 0 Å². The molecule has 0 aliphatic heterocycles. The van der Waals surface area contributed by atoms with Gasteiger partial charge in [-0.25, -0.2) is 0 Å². The predicted octanol–water partition coefficient (Wildman–Crippen LogP) is 4.80. The van der Waals surface area contributed by atoms with Gasteiger partial charge in [0.15, 0.2) is 5.82 Å². The molecule has 0 unspecified atom stereocenters. The summed E-state index contributed by atoms with van der Waals surface area (Å²) < 4.78 is 5.62. The summed E-state index contributed by atoms with van der Waals surface area (Å²) in [5, 5.41) is 14.8. The maximum absolute atomic E-state index is 6.14. The fraction of sp³-hybridized carbons (Fsp3) is 0.167. The summed E-state index contributed by atoms with van der Waals surface area (Å²) in [5.41, 5.74) is 1.60. The molecule has 2 aromatic carbocycles. The van der Waals surface area contributed by atoms with Crippen molar-refractivity contribution in [3.05, 3.63) is 59.8 Å². The van der Waals surface area contributed by atoms with Crippen molar-refractivity contribution >= 4 is 34.7 Å². The van der Waals surface area contributed by atoms with E-state index in [2.05, 4.69) is 25.8 Å². The molecule has 0 radical (unpaired) electrons. The van der Waals surface area contributed by atoms with E-state index in [0.717, 1.165) is 17.1 Å². The zero-order valence-corrected chi connectivity index (χ0v) is 14.7. The Hall–Kier alpha value is -2.86. The molecule has 0 aliphatic rings. The van der Waals surface area contributed by atoms with Crippen LogP contribution in [-0.2, 0) is 0 Å². The normalized spacial score (nSPS) is 10.6. The number of rotatable bonds is 6. The fourth-order valence-electron chi connectivity index (χ4n) is 2.14. The van der Waals surface area contributed by atoms with E-state index in [0.29, 0.717) is 16.8 Å². The highest BCUT2D eigenvalue weighted by atomic mass is 35.5. The molecule has 0 fully saturated rings. The third-order valence-corrected chi connectivity index (χ3v) is 3.51. The van der Waals surface area contributed by atoms with Crippen molar-refractivity contribution in [2.24, 2.45) is 0 Å². The predicted molar refractivity (Wildman–Crippen MR) is 100 cm³/mol. The first kappa shape index (κ1) is 17.0. The van der Waals surface area contributed by atoms with Crippen LogP contribution in [0.4, 0.5) is 23.1 Å². The van der Waals surface area contributed by atoms with Gasteiger partial charge in [0.25, 0.3) is 0 Å². The number of nitrogens with zero attached hydrogens (tertiary/aromatic N) is 3. The molecule has 0 bridgehead atoms. The van der Waals surface area contributed by atoms with Gasteiger partial charge in [-0.05, 0) is 50.2 Å². The highest BCUT2D eigenvalue weighted by Crippen LogP contribution is 2.24. The highest BCUT2D eigenvalue weighted by Gasteiger charge is 2.05. The number of halogens is 1. The summed E-state index contributed by atoms with van der Waals surface area (Å²) in [4.78, 5) is 4.39. The molecule has 1 heterocycles. The maximum atomic E-state index is 6.14. The molecule has 6 nitrogen and oxygen atoms in total. The third kappa shape index (κ3) is 4.81. The number of hydrogen-bond donors (Lipinski definition) is 2. The molecule has 1 aromatic heterocycles. The Balaban J connectivity index is 1.70. The monoisotopic (exact) mass is 355 g/mol. The van der Waals surface area contributed by atoms with Gasteiger partial charge >= 0.3 is 0 Å². The Labute approximate surface area is 151 Å². The Morgan fingerprint density at radius 1 is 1.00 bits per heavy atom. The number of ether oxygens (including phenoxy) is 1. The summed E-state index contributed by atoms with van der Waals surface area (Å²) in [6, 6.07) is 15.0.